The summed E-state index contributed by atoms with van der Waals surface area (Å²) in [5.74, 6) is 2.26. The zero-order valence-corrected chi connectivity index (χ0v) is 9.02. The van der Waals surface area contributed by atoms with Crippen molar-refractivity contribution in [3.63, 3.8) is 0 Å². The van der Waals surface area contributed by atoms with Gasteiger partial charge < -0.3 is 4.74 Å². The predicted octanol–water partition coefficient (Wildman–Crippen LogP) is 3.48. The highest BCUT2D eigenvalue weighted by Crippen LogP contribution is 2.34. The van der Waals surface area contributed by atoms with Gasteiger partial charge in [0.25, 0.3) is 0 Å². The minimum absolute atomic E-state index is 0.0695. The molecule has 0 heterocycles. The van der Waals surface area contributed by atoms with E-state index in [2.05, 4.69) is 21.9 Å². The number of hydrogen-bond acceptors (Lipinski definition) is 1. The predicted molar refractivity (Wildman–Crippen MR) is 53.5 cm³/mol. The van der Waals surface area contributed by atoms with Crippen LogP contribution in [0.15, 0.2) is 22.7 Å². The van der Waals surface area contributed by atoms with Crippen molar-refractivity contribution in [1.82, 2.24) is 0 Å². The van der Waals surface area contributed by atoms with Crippen LogP contribution in [-0.4, -0.2) is 6.61 Å². The Bertz CT molecular complexity index is 393. The normalized spacial score (nSPS) is 10.9. The molecule has 15 heavy (non-hydrogen) atoms. The number of terminal acetylenes is 1. The molecule has 0 amide bonds. The molecule has 0 aliphatic rings. The number of ether oxygens (including phenoxy) is 1. The number of halogens is 4. The first-order valence-electron chi connectivity index (χ1n) is 3.88. The average Bonchev–Trinajstić information content (AvgIpc) is 2.15. The van der Waals surface area contributed by atoms with Crippen molar-refractivity contribution in [2.24, 2.45) is 0 Å². The Morgan fingerprint density at radius 3 is 2.60 bits per heavy atom. The molecule has 0 saturated carbocycles. The Hall–Kier alpha value is -1.15. The Morgan fingerprint density at radius 1 is 1.40 bits per heavy atom. The lowest BCUT2D eigenvalue weighted by molar-refractivity contribution is -0.137. The molecule has 0 spiro atoms. The van der Waals surface area contributed by atoms with E-state index >= 15 is 0 Å². The fourth-order valence-corrected chi connectivity index (χ4v) is 1.27. The molecule has 1 aromatic rings. The summed E-state index contributed by atoms with van der Waals surface area (Å²) in [4.78, 5) is 0. The van der Waals surface area contributed by atoms with Crippen LogP contribution in [0, 0.1) is 12.3 Å². The molecule has 0 N–H and O–H groups in total. The molecule has 0 aliphatic heterocycles. The summed E-state index contributed by atoms with van der Waals surface area (Å²) in [6.07, 6.45) is 0.558. The van der Waals surface area contributed by atoms with Gasteiger partial charge in [0, 0.05) is 0 Å². The molecule has 1 nitrogen and oxygen atoms in total. The van der Waals surface area contributed by atoms with Crippen LogP contribution in [0.4, 0.5) is 13.2 Å². The van der Waals surface area contributed by atoms with Crippen LogP contribution in [0.5, 0.6) is 5.75 Å². The van der Waals surface area contributed by atoms with E-state index in [1.165, 1.54) is 6.07 Å². The zero-order chi connectivity index (χ0) is 11.5. The fourth-order valence-electron chi connectivity index (χ4n) is 0.910. The van der Waals surface area contributed by atoms with Crippen molar-refractivity contribution in [1.29, 1.82) is 0 Å². The third-order valence-corrected chi connectivity index (χ3v) is 2.22. The Balaban J connectivity index is 3.01. The highest BCUT2D eigenvalue weighted by atomic mass is 79.9. The van der Waals surface area contributed by atoms with Gasteiger partial charge in [-0.1, -0.05) is 5.92 Å². The Morgan fingerprint density at radius 2 is 2.07 bits per heavy atom. The van der Waals surface area contributed by atoms with Crippen LogP contribution in [0.2, 0.25) is 0 Å². The van der Waals surface area contributed by atoms with Crippen LogP contribution in [0.3, 0.4) is 0 Å². The fraction of sp³-hybridized carbons (Fsp3) is 0.200. The van der Waals surface area contributed by atoms with E-state index < -0.39 is 11.7 Å². The first-order chi connectivity index (χ1) is 6.95. The summed E-state index contributed by atoms with van der Waals surface area (Å²) < 4.78 is 42.3. The first-order valence-corrected chi connectivity index (χ1v) is 4.67. The largest absolute Gasteiger partial charge is 0.480 e. The lowest BCUT2D eigenvalue weighted by Gasteiger charge is -2.10. The molecule has 0 aromatic heterocycles. The molecule has 1 aromatic carbocycles. The van der Waals surface area contributed by atoms with Gasteiger partial charge >= 0.3 is 6.18 Å². The summed E-state index contributed by atoms with van der Waals surface area (Å²) in [7, 11) is 0. The maximum atomic E-state index is 12.3. The topological polar surface area (TPSA) is 9.23 Å². The second-order valence-corrected chi connectivity index (χ2v) is 3.49. The zero-order valence-electron chi connectivity index (χ0n) is 7.44. The van der Waals surface area contributed by atoms with Gasteiger partial charge in [0.2, 0.25) is 0 Å². The van der Waals surface area contributed by atoms with Crippen LogP contribution < -0.4 is 4.74 Å². The van der Waals surface area contributed by atoms with Crippen LogP contribution >= 0.6 is 15.9 Å². The molecule has 5 heteroatoms. The minimum atomic E-state index is -4.38. The standard InChI is InChI=1S/C10H6BrF3O/c1-2-5-15-9-6-7(10(12,13)14)3-4-8(9)11/h1,3-4,6H,5H2. The van der Waals surface area contributed by atoms with Crippen molar-refractivity contribution in [3.05, 3.63) is 28.2 Å². The third-order valence-electron chi connectivity index (χ3n) is 1.57. The molecular weight excluding hydrogens is 273 g/mol. The highest BCUT2D eigenvalue weighted by molar-refractivity contribution is 9.10. The third kappa shape index (κ3) is 3.17. The average molecular weight is 279 g/mol. The van der Waals surface area contributed by atoms with Gasteiger partial charge in [-0.15, -0.1) is 6.42 Å². The Kier molecular flexibility index (Phi) is 3.64. The van der Waals surface area contributed by atoms with E-state index in [1.807, 2.05) is 0 Å². The quantitative estimate of drug-likeness (QED) is 0.753. The van der Waals surface area contributed by atoms with Crippen molar-refractivity contribution in [2.45, 2.75) is 6.18 Å². The lowest BCUT2D eigenvalue weighted by atomic mass is 10.2. The maximum Gasteiger partial charge on any atom is 0.416 e. The maximum absolute atomic E-state index is 12.3. The van der Waals surface area contributed by atoms with Crippen LogP contribution in [-0.2, 0) is 6.18 Å². The van der Waals surface area contributed by atoms with Gasteiger partial charge in [0.1, 0.15) is 12.4 Å². The van der Waals surface area contributed by atoms with E-state index in [-0.39, 0.29) is 12.4 Å². The summed E-state index contributed by atoms with van der Waals surface area (Å²) in [6, 6.07) is 3.14. The summed E-state index contributed by atoms with van der Waals surface area (Å²) >= 11 is 3.07. The smallest absolute Gasteiger partial charge is 0.416 e. The van der Waals surface area contributed by atoms with Crippen LogP contribution in [0.25, 0.3) is 0 Å². The van der Waals surface area contributed by atoms with Gasteiger partial charge in [-0.3, -0.25) is 0 Å². The van der Waals surface area contributed by atoms with Gasteiger partial charge in [-0.25, -0.2) is 0 Å². The second-order valence-electron chi connectivity index (χ2n) is 2.64. The van der Waals surface area contributed by atoms with E-state index in [1.54, 1.807) is 0 Å². The van der Waals surface area contributed by atoms with Crippen molar-refractivity contribution in [3.8, 4) is 18.1 Å². The monoisotopic (exact) mass is 278 g/mol. The van der Waals surface area contributed by atoms with Crippen molar-refractivity contribution >= 4 is 15.9 Å². The minimum Gasteiger partial charge on any atom is -0.480 e. The van der Waals surface area contributed by atoms with Gasteiger partial charge in [0.05, 0.1) is 10.0 Å². The van der Waals surface area contributed by atoms with E-state index in [0.29, 0.717) is 4.47 Å². The molecule has 0 aliphatic carbocycles. The molecule has 0 saturated heterocycles. The molecule has 1 rings (SSSR count). The van der Waals surface area contributed by atoms with E-state index in [4.69, 9.17) is 11.2 Å². The highest BCUT2D eigenvalue weighted by Gasteiger charge is 2.31. The number of benzene rings is 1. The summed E-state index contributed by atoms with van der Waals surface area (Å²) in [5.41, 5.74) is -0.766. The van der Waals surface area contributed by atoms with Gasteiger partial charge in [0.15, 0.2) is 0 Å². The van der Waals surface area contributed by atoms with Crippen molar-refractivity contribution < 1.29 is 17.9 Å². The molecule has 0 radical (unpaired) electrons. The molecule has 80 valence electrons. The van der Waals surface area contributed by atoms with Crippen LogP contribution in [0.1, 0.15) is 5.56 Å². The molecular formula is C10H6BrF3O. The lowest BCUT2D eigenvalue weighted by Crippen LogP contribution is -2.05. The summed E-state index contributed by atoms with van der Waals surface area (Å²) in [5, 5.41) is 0. The number of hydrogen-bond donors (Lipinski definition) is 0. The molecule has 0 atom stereocenters. The number of alkyl halides is 3. The number of rotatable bonds is 2. The van der Waals surface area contributed by atoms with Gasteiger partial charge in [-0.2, -0.15) is 13.2 Å². The van der Waals surface area contributed by atoms with Gasteiger partial charge in [-0.05, 0) is 34.1 Å². The molecule has 0 bridgehead atoms. The molecule has 0 unspecified atom stereocenters. The summed E-state index contributed by atoms with van der Waals surface area (Å²) in [6.45, 7) is -0.0695. The van der Waals surface area contributed by atoms with Crippen molar-refractivity contribution in [2.75, 3.05) is 6.61 Å². The van der Waals surface area contributed by atoms with E-state index in [9.17, 15) is 13.2 Å². The molecule has 0 fully saturated rings. The second kappa shape index (κ2) is 4.58. The van der Waals surface area contributed by atoms with E-state index in [0.717, 1.165) is 12.1 Å². The SMILES string of the molecule is C#CCOc1cc(C(F)(F)F)ccc1Br. The first kappa shape index (κ1) is 11.9. The Labute approximate surface area is 93.4 Å².